The molecule has 5 aromatic carbocycles. The van der Waals surface area contributed by atoms with Crippen LogP contribution in [0.5, 0.6) is 0 Å². The Morgan fingerprint density at radius 3 is 1.94 bits per heavy atom. The Labute approximate surface area is 271 Å². The second-order valence-electron chi connectivity index (χ2n) is 11.6. The van der Waals surface area contributed by atoms with E-state index < -0.39 is 0 Å². The van der Waals surface area contributed by atoms with Crippen LogP contribution in [0.2, 0.25) is 0 Å². The zero-order valence-corrected chi connectivity index (χ0v) is 25.3. The first kappa shape index (κ1) is 27.1. The lowest BCUT2D eigenvalue weighted by Crippen LogP contribution is -2.09. The number of hydrogen-bond acceptors (Lipinski definition) is 6. The first-order valence-corrected chi connectivity index (χ1v) is 15.7. The maximum absolute atomic E-state index is 6.41. The highest BCUT2D eigenvalue weighted by molar-refractivity contribution is 6.13. The molecule has 1 aliphatic heterocycles. The predicted molar refractivity (Wildman–Crippen MR) is 188 cm³/mol. The van der Waals surface area contributed by atoms with Gasteiger partial charge >= 0.3 is 0 Å². The summed E-state index contributed by atoms with van der Waals surface area (Å²) in [5, 5.41) is 3.27. The number of aryl methyl sites for hydroxylation is 1. The van der Waals surface area contributed by atoms with Crippen LogP contribution < -0.4 is 0 Å². The fourth-order valence-electron chi connectivity index (χ4n) is 6.42. The monoisotopic (exact) mass is 605 g/mol. The molecular weight excluding hydrogens is 578 g/mol. The van der Waals surface area contributed by atoms with Crippen LogP contribution >= 0.6 is 0 Å². The number of furan rings is 1. The van der Waals surface area contributed by atoms with Crippen molar-refractivity contribution >= 4 is 33.1 Å². The Bertz CT molecular complexity index is 2400. The molecule has 8 aromatic rings. The van der Waals surface area contributed by atoms with Gasteiger partial charge < -0.3 is 4.42 Å². The lowest BCUT2D eigenvalue weighted by atomic mass is 9.96. The maximum Gasteiger partial charge on any atom is 0.164 e. The van der Waals surface area contributed by atoms with Gasteiger partial charge in [0, 0.05) is 34.7 Å². The number of pyridine rings is 1. The van der Waals surface area contributed by atoms with Crippen LogP contribution in [-0.2, 0) is 6.42 Å². The van der Waals surface area contributed by atoms with Gasteiger partial charge in [0.05, 0.1) is 16.8 Å². The number of rotatable bonds is 5. The van der Waals surface area contributed by atoms with Crippen LogP contribution in [0.1, 0.15) is 17.9 Å². The number of benzene rings is 5. The van der Waals surface area contributed by atoms with Crippen LogP contribution in [0.4, 0.5) is 5.69 Å². The lowest BCUT2D eigenvalue weighted by Gasteiger charge is -2.14. The van der Waals surface area contributed by atoms with Crippen molar-refractivity contribution < 1.29 is 4.42 Å². The van der Waals surface area contributed by atoms with E-state index in [9.17, 15) is 0 Å². The molecule has 222 valence electrons. The highest BCUT2D eigenvalue weighted by atomic mass is 16.3. The van der Waals surface area contributed by atoms with Crippen molar-refractivity contribution in [2.24, 2.45) is 4.99 Å². The molecule has 0 N–H and O–H groups in total. The standard InChI is InChI=1S/C41H27N5O/c1-3-12-27(13-4-1)39-44-40(28-14-5-2-6-15-28)46-41(45-39)30-17-9-16-29(25-30)31-19-10-20-34-36(31)38-35(47-34)22-21-33(43-38)37-32-18-8-7-11-26(32)23-24-42-37/h1-20,23-25H,21-22H2. The van der Waals surface area contributed by atoms with E-state index in [4.69, 9.17) is 29.3 Å². The molecule has 47 heavy (non-hydrogen) atoms. The highest BCUT2D eigenvalue weighted by Gasteiger charge is 2.24. The number of aromatic nitrogens is 4. The molecule has 0 bridgehead atoms. The van der Waals surface area contributed by atoms with Gasteiger partial charge in [-0.25, -0.2) is 19.9 Å². The summed E-state index contributed by atoms with van der Waals surface area (Å²) in [6.07, 6.45) is 3.40. The number of hydrogen-bond donors (Lipinski definition) is 0. The van der Waals surface area contributed by atoms with E-state index in [0.29, 0.717) is 17.5 Å². The van der Waals surface area contributed by atoms with Crippen LogP contribution in [-0.4, -0.2) is 25.6 Å². The first-order chi connectivity index (χ1) is 23.3. The quantitative estimate of drug-likeness (QED) is 0.195. The van der Waals surface area contributed by atoms with E-state index in [2.05, 4.69) is 54.6 Å². The minimum Gasteiger partial charge on any atom is -0.459 e. The summed E-state index contributed by atoms with van der Waals surface area (Å²) in [5.74, 6) is 2.79. The van der Waals surface area contributed by atoms with Gasteiger partial charge in [0.1, 0.15) is 17.0 Å². The largest absolute Gasteiger partial charge is 0.459 e. The summed E-state index contributed by atoms with van der Waals surface area (Å²) in [4.78, 5) is 24.8. The Kier molecular flexibility index (Phi) is 6.49. The minimum atomic E-state index is 0.614. The van der Waals surface area contributed by atoms with Crippen molar-refractivity contribution in [3.63, 3.8) is 0 Å². The van der Waals surface area contributed by atoms with E-state index in [1.165, 1.54) is 0 Å². The summed E-state index contributed by atoms with van der Waals surface area (Å²) in [7, 11) is 0. The first-order valence-electron chi connectivity index (χ1n) is 15.7. The second-order valence-corrected chi connectivity index (χ2v) is 11.6. The van der Waals surface area contributed by atoms with Crippen molar-refractivity contribution in [2.75, 3.05) is 0 Å². The highest BCUT2D eigenvalue weighted by Crippen LogP contribution is 2.43. The Hall–Kier alpha value is -6.27. The molecule has 6 nitrogen and oxygen atoms in total. The van der Waals surface area contributed by atoms with Crippen LogP contribution in [0.3, 0.4) is 0 Å². The summed E-state index contributed by atoms with van der Waals surface area (Å²) < 4.78 is 6.41. The van der Waals surface area contributed by atoms with Gasteiger partial charge in [0.15, 0.2) is 17.5 Å². The summed E-state index contributed by atoms with van der Waals surface area (Å²) >= 11 is 0. The van der Waals surface area contributed by atoms with Crippen molar-refractivity contribution in [3.05, 3.63) is 151 Å². The van der Waals surface area contributed by atoms with Gasteiger partial charge in [-0.3, -0.25) is 4.98 Å². The van der Waals surface area contributed by atoms with Gasteiger partial charge in [-0.15, -0.1) is 0 Å². The van der Waals surface area contributed by atoms with Crippen molar-refractivity contribution in [1.29, 1.82) is 0 Å². The van der Waals surface area contributed by atoms with Crippen LogP contribution in [0.25, 0.3) is 67.0 Å². The molecule has 1 aliphatic rings. The van der Waals surface area contributed by atoms with Gasteiger partial charge in [-0.05, 0) is 41.1 Å². The smallest absolute Gasteiger partial charge is 0.164 e. The fraction of sp³-hybridized carbons (Fsp3) is 0.0488. The number of fused-ring (bicyclic) bond motifs is 4. The van der Waals surface area contributed by atoms with Gasteiger partial charge in [0.2, 0.25) is 0 Å². The maximum atomic E-state index is 6.41. The third-order valence-corrected chi connectivity index (χ3v) is 8.67. The molecule has 0 radical (unpaired) electrons. The van der Waals surface area contributed by atoms with E-state index in [0.717, 1.165) is 85.3 Å². The molecule has 0 fully saturated rings. The van der Waals surface area contributed by atoms with E-state index >= 15 is 0 Å². The molecule has 9 rings (SSSR count). The summed E-state index contributed by atoms with van der Waals surface area (Å²) in [6.45, 7) is 0. The molecule has 0 spiro atoms. The average Bonchev–Trinajstić information content (AvgIpc) is 3.53. The zero-order chi connectivity index (χ0) is 31.2. The summed E-state index contributed by atoms with van der Waals surface area (Å²) in [6, 6.07) is 45.0. The van der Waals surface area contributed by atoms with E-state index in [1.54, 1.807) is 0 Å². The summed E-state index contributed by atoms with van der Waals surface area (Å²) in [5.41, 5.74) is 8.48. The predicted octanol–water partition coefficient (Wildman–Crippen LogP) is 9.90. The molecule has 0 amide bonds. The Morgan fingerprint density at radius 2 is 1.17 bits per heavy atom. The third-order valence-electron chi connectivity index (χ3n) is 8.67. The molecule has 3 aromatic heterocycles. The molecule has 0 saturated carbocycles. The van der Waals surface area contributed by atoms with Crippen molar-refractivity contribution in [3.8, 4) is 45.3 Å². The Balaban J connectivity index is 1.18. The van der Waals surface area contributed by atoms with Gasteiger partial charge in [-0.2, -0.15) is 0 Å². The average molecular weight is 606 g/mol. The van der Waals surface area contributed by atoms with Crippen molar-refractivity contribution in [1.82, 2.24) is 19.9 Å². The molecule has 4 heterocycles. The topological polar surface area (TPSA) is 77.1 Å². The molecule has 0 unspecified atom stereocenters. The van der Waals surface area contributed by atoms with Crippen LogP contribution in [0.15, 0.2) is 149 Å². The zero-order valence-electron chi connectivity index (χ0n) is 25.3. The third kappa shape index (κ3) is 4.87. The van der Waals surface area contributed by atoms with Crippen molar-refractivity contribution in [2.45, 2.75) is 12.8 Å². The van der Waals surface area contributed by atoms with Crippen LogP contribution in [0, 0.1) is 0 Å². The van der Waals surface area contributed by atoms with Gasteiger partial charge in [-0.1, -0.05) is 115 Å². The molecule has 6 heteroatoms. The normalized spacial score (nSPS) is 12.6. The SMILES string of the molecule is c1ccc(-c2nc(-c3ccccc3)nc(-c3cccc(-c4cccc5oc6c(c45)N=C(c4nccc5ccccc45)CC6)c3)n2)cc1. The minimum absolute atomic E-state index is 0.614. The molecule has 0 atom stereocenters. The lowest BCUT2D eigenvalue weighted by molar-refractivity contribution is 0.550. The van der Waals surface area contributed by atoms with Gasteiger partial charge in [0.25, 0.3) is 0 Å². The fourth-order valence-corrected chi connectivity index (χ4v) is 6.42. The Morgan fingerprint density at radius 1 is 0.532 bits per heavy atom. The number of aliphatic imine (C=N–C) groups is 1. The molecule has 0 saturated heterocycles. The molecular formula is C41H27N5O. The second kappa shape index (κ2) is 11.3. The van der Waals surface area contributed by atoms with E-state index in [1.807, 2.05) is 85.1 Å². The van der Waals surface area contributed by atoms with E-state index in [-0.39, 0.29) is 0 Å². The number of nitrogens with zero attached hydrogens (tertiary/aromatic N) is 5. The molecule has 0 aliphatic carbocycles.